The third kappa shape index (κ3) is 5.23. The molecule has 0 unspecified atom stereocenters. The first kappa shape index (κ1) is 14.7. The summed E-state index contributed by atoms with van der Waals surface area (Å²) in [7, 11) is 0. The second-order valence-electron chi connectivity index (χ2n) is 3.44. The maximum absolute atomic E-state index is 11.7. The van der Waals surface area contributed by atoms with Gasteiger partial charge in [0.1, 0.15) is 0 Å². The minimum atomic E-state index is -0.0974. The lowest BCUT2D eigenvalue weighted by molar-refractivity contribution is 0.0944. The quantitative estimate of drug-likeness (QED) is 0.620. The highest BCUT2D eigenvalue weighted by molar-refractivity contribution is 14.1. The molecular weight excluding hydrogens is 352 g/mol. The summed E-state index contributed by atoms with van der Waals surface area (Å²) in [5.41, 5.74) is 0.590. The molecule has 0 saturated heterocycles. The van der Waals surface area contributed by atoms with Gasteiger partial charge in [-0.2, -0.15) is 0 Å². The first-order chi connectivity index (χ1) is 8.15. The van der Waals surface area contributed by atoms with E-state index in [4.69, 9.17) is 16.3 Å². The highest BCUT2D eigenvalue weighted by Crippen LogP contribution is 2.19. The van der Waals surface area contributed by atoms with Gasteiger partial charge in [0.05, 0.1) is 5.02 Å². The van der Waals surface area contributed by atoms with Crippen LogP contribution in [-0.2, 0) is 4.74 Å². The Morgan fingerprint density at radius 3 is 2.94 bits per heavy atom. The van der Waals surface area contributed by atoms with Gasteiger partial charge in [-0.25, -0.2) is 0 Å². The summed E-state index contributed by atoms with van der Waals surface area (Å²) in [5.74, 6) is -0.0974. The lowest BCUT2D eigenvalue weighted by Crippen LogP contribution is -2.25. The number of benzene rings is 1. The summed E-state index contributed by atoms with van der Waals surface area (Å²) < 4.78 is 6.12. The van der Waals surface area contributed by atoms with Crippen LogP contribution in [-0.4, -0.2) is 25.7 Å². The van der Waals surface area contributed by atoms with Crippen molar-refractivity contribution in [1.82, 2.24) is 5.32 Å². The molecule has 1 aromatic rings. The fraction of sp³-hybridized carbons (Fsp3) is 0.417. The van der Waals surface area contributed by atoms with Gasteiger partial charge in [0, 0.05) is 28.9 Å². The van der Waals surface area contributed by atoms with Crippen molar-refractivity contribution in [2.75, 3.05) is 19.8 Å². The van der Waals surface area contributed by atoms with E-state index in [0.717, 1.165) is 9.99 Å². The number of hydrogen-bond acceptors (Lipinski definition) is 2. The highest BCUT2D eigenvalue weighted by atomic mass is 127. The number of amides is 1. The molecule has 1 aromatic carbocycles. The summed E-state index contributed by atoms with van der Waals surface area (Å²) >= 11 is 8.08. The Bertz CT molecular complexity index is 385. The van der Waals surface area contributed by atoms with Gasteiger partial charge in [-0.05, 0) is 54.1 Å². The van der Waals surface area contributed by atoms with Crippen LogP contribution in [0.1, 0.15) is 23.7 Å². The molecule has 0 heterocycles. The fourth-order valence-electron chi connectivity index (χ4n) is 1.26. The Kier molecular flexibility index (Phi) is 6.84. The molecule has 94 valence electrons. The number of hydrogen-bond donors (Lipinski definition) is 1. The predicted octanol–water partition coefficient (Wildman–Crippen LogP) is 3.10. The van der Waals surface area contributed by atoms with Gasteiger partial charge in [0.15, 0.2) is 0 Å². The maximum atomic E-state index is 11.7. The molecule has 0 aliphatic rings. The molecule has 3 nitrogen and oxygen atoms in total. The zero-order valence-corrected chi connectivity index (χ0v) is 12.5. The van der Waals surface area contributed by atoms with Crippen LogP contribution in [0.4, 0.5) is 0 Å². The van der Waals surface area contributed by atoms with Crippen molar-refractivity contribution in [2.24, 2.45) is 0 Å². The van der Waals surface area contributed by atoms with E-state index >= 15 is 0 Å². The van der Waals surface area contributed by atoms with Crippen molar-refractivity contribution >= 4 is 40.1 Å². The van der Waals surface area contributed by atoms with Gasteiger partial charge in [0.25, 0.3) is 5.91 Å². The molecule has 0 bridgehead atoms. The molecule has 0 aliphatic heterocycles. The van der Waals surface area contributed by atoms with E-state index in [1.165, 1.54) is 0 Å². The van der Waals surface area contributed by atoms with Crippen LogP contribution in [0.15, 0.2) is 18.2 Å². The SMILES string of the molecule is CCOCCCNC(=O)c1ccc(I)c(Cl)c1. The van der Waals surface area contributed by atoms with Crippen molar-refractivity contribution in [3.63, 3.8) is 0 Å². The van der Waals surface area contributed by atoms with Crippen molar-refractivity contribution in [2.45, 2.75) is 13.3 Å². The lowest BCUT2D eigenvalue weighted by atomic mass is 10.2. The molecule has 1 rings (SSSR count). The molecule has 5 heteroatoms. The molecule has 0 aromatic heterocycles. The van der Waals surface area contributed by atoms with E-state index in [9.17, 15) is 4.79 Å². The minimum absolute atomic E-state index is 0.0974. The Morgan fingerprint density at radius 1 is 1.53 bits per heavy atom. The highest BCUT2D eigenvalue weighted by Gasteiger charge is 2.06. The second-order valence-corrected chi connectivity index (χ2v) is 5.00. The third-order valence-corrected chi connectivity index (χ3v) is 3.71. The van der Waals surface area contributed by atoms with Crippen LogP contribution in [0.3, 0.4) is 0 Å². The van der Waals surface area contributed by atoms with E-state index in [-0.39, 0.29) is 5.91 Å². The Morgan fingerprint density at radius 2 is 2.29 bits per heavy atom. The van der Waals surface area contributed by atoms with E-state index in [1.807, 2.05) is 13.0 Å². The summed E-state index contributed by atoms with van der Waals surface area (Å²) in [6.45, 7) is 3.94. The van der Waals surface area contributed by atoms with Crippen molar-refractivity contribution in [1.29, 1.82) is 0 Å². The number of rotatable bonds is 6. The molecule has 0 saturated carbocycles. The second kappa shape index (κ2) is 7.89. The predicted molar refractivity (Wildman–Crippen MR) is 77.6 cm³/mol. The Balaban J connectivity index is 2.39. The van der Waals surface area contributed by atoms with Crippen LogP contribution >= 0.6 is 34.2 Å². The molecule has 17 heavy (non-hydrogen) atoms. The molecule has 0 spiro atoms. The van der Waals surface area contributed by atoms with Crippen molar-refractivity contribution < 1.29 is 9.53 Å². The molecule has 0 atom stereocenters. The molecular formula is C12H15ClINO2. The van der Waals surface area contributed by atoms with E-state index in [0.29, 0.717) is 30.3 Å². The average Bonchev–Trinajstić information content (AvgIpc) is 2.32. The zero-order valence-electron chi connectivity index (χ0n) is 9.63. The van der Waals surface area contributed by atoms with Gasteiger partial charge in [-0.1, -0.05) is 11.6 Å². The monoisotopic (exact) mass is 367 g/mol. The fourth-order valence-corrected chi connectivity index (χ4v) is 1.78. The molecule has 0 aliphatic carbocycles. The minimum Gasteiger partial charge on any atom is -0.382 e. The largest absolute Gasteiger partial charge is 0.382 e. The van der Waals surface area contributed by atoms with Gasteiger partial charge < -0.3 is 10.1 Å². The van der Waals surface area contributed by atoms with Gasteiger partial charge >= 0.3 is 0 Å². The van der Waals surface area contributed by atoms with Crippen LogP contribution < -0.4 is 5.32 Å². The molecule has 1 amide bonds. The summed E-state index contributed by atoms with van der Waals surface area (Å²) in [4.78, 5) is 11.7. The lowest BCUT2D eigenvalue weighted by Gasteiger charge is -2.06. The number of halogens is 2. The van der Waals surface area contributed by atoms with Crippen molar-refractivity contribution in [3.05, 3.63) is 32.4 Å². The maximum Gasteiger partial charge on any atom is 0.251 e. The molecule has 0 fully saturated rings. The Labute approximate surface area is 120 Å². The first-order valence-electron chi connectivity index (χ1n) is 5.46. The summed E-state index contributed by atoms with van der Waals surface area (Å²) in [6, 6.07) is 5.28. The normalized spacial score (nSPS) is 10.3. The zero-order chi connectivity index (χ0) is 12.7. The number of nitrogens with one attached hydrogen (secondary N) is 1. The van der Waals surface area contributed by atoms with Crippen LogP contribution in [0, 0.1) is 3.57 Å². The average molecular weight is 368 g/mol. The van der Waals surface area contributed by atoms with Gasteiger partial charge in [-0.15, -0.1) is 0 Å². The topological polar surface area (TPSA) is 38.3 Å². The number of carbonyl (C=O) groups is 1. The summed E-state index contributed by atoms with van der Waals surface area (Å²) in [6.07, 6.45) is 0.817. The van der Waals surface area contributed by atoms with Crippen LogP contribution in [0.25, 0.3) is 0 Å². The summed E-state index contributed by atoms with van der Waals surface area (Å²) in [5, 5.41) is 3.43. The standard InChI is InChI=1S/C12H15ClINO2/c1-2-17-7-3-6-15-12(16)9-4-5-11(14)10(13)8-9/h4-5,8H,2-3,6-7H2,1H3,(H,15,16). The van der Waals surface area contributed by atoms with Crippen LogP contribution in [0.5, 0.6) is 0 Å². The van der Waals surface area contributed by atoms with Gasteiger partial charge in [0.2, 0.25) is 0 Å². The number of ether oxygens (including phenoxy) is 1. The van der Waals surface area contributed by atoms with Gasteiger partial charge in [-0.3, -0.25) is 4.79 Å². The Hall–Kier alpha value is -0.330. The number of carbonyl (C=O) groups excluding carboxylic acids is 1. The third-order valence-electron chi connectivity index (χ3n) is 2.14. The van der Waals surface area contributed by atoms with E-state index < -0.39 is 0 Å². The van der Waals surface area contributed by atoms with E-state index in [1.54, 1.807) is 12.1 Å². The first-order valence-corrected chi connectivity index (χ1v) is 6.91. The van der Waals surface area contributed by atoms with E-state index in [2.05, 4.69) is 27.9 Å². The smallest absolute Gasteiger partial charge is 0.251 e. The van der Waals surface area contributed by atoms with Crippen LogP contribution in [0.2, 0.25) is 5.02 Å². The van der Waals surface area contributed by atoms with Crippen molar-refractivity contribution in [3.8, 4) is 0 Å². The molecule has 0 radical (unpaired) electrons. The molecule has 1 N–H and O–H groups in total.